The van der Waals surface area contributed by atoms with Crippen LogP contribution in [0.1, 0.15) is 6.92 Å². The molecule has 1 saturated heterocycles. The minimum absolute atomic E-state index is 0.0291. The Balaban J connectivity index is 1.40. The van der Waals surface area contributed by atoms with Gasteiger partial charge in [0.15, 0.2) is 5.17 Å². The van der Waals surface area contributed by atoms with Gasteiger partial charge in [-0.2, -0.15) is 0 Å². The van der Waals surface area contributed by atoms with Crippen LogP contribution >= 0.6 is 35.1 Å². The quantitative estimate of drug-likeness (QED) is 0.362. The second kappa shape index (κ2) is 9.17. The molecule has 166 valence electrons. The largest absolute Gasteiger partial charge is 0.457 e. The molecule has 2 heterocycles. The van der Waals surface area contributed by atoms with Crippen molar-refractivity contribution in [1.82, 2.24) is 4.90 Å². The maximum absolute atomic E-state index is 13.2. The fourth-order valence-corrected chi connectivity index (χ4v) is 6.09. The monoisotopic (exact) mass is 493 g/mol. The predicted octanol–water partition coefficient (Wildman–Crippen LogP) is 7.13. The zero-order valence-corrected chi connectivity index (χ0v) is 20.4. The number of carbonyl (C=O) groups is 1. The Morgan fingerprint density at radius 3 is 2.42 bits per heavy atom. The smallest absolute Gasteiger partial charge is 0.269 e. The summed E-state index contributed by atoms with van der Waals surface area (Å²) in [6, 6.07) is 23.0. The fourth-order valence-electron chi connectivity index (χ4n) is 3.54. The first-order chi connectivity index (χ1) is 16.0. The highest BCUT2D eigenvalue weighted by atomic mass is 35.5. The van der Waals surface area contributed by atoms with Crippen molar-refractivity contribution < 1.29 is 9.53 Å². The van der Waals surface area contributed by atoms with Crippen molar-refractivity contribution in [3.05, 3.63) is 87.8 Å². The molecular weight excluding hydrogens is 474 g/mol. The lowest BCUT2D eigenvalue weighted by molar-refractivity contribution is -0.122. The first-order valence-electron chi connectivity index (χ1n) is 10.4. The normalized spacial score (nSPS) is 18.9. The van der Waals surface area contributed by atoms with Crippen molar-refractivity contribution in [2.24, 2.45) is 4.99 Å². The highest BCUT2D eigenvalue weighted by Crippen LogP contribution is 2.50. The van der Waals surface area contributed by atoms with Gasteiger partial charge in [-0.3, -0.25) is 9.69 Å². The number of rotatable bonds is 4. The number of nitrogens with zero attached hydrogens (tertiary/aromatic N) is 3. The summed E-state index contributed by atoms with van der Waals surface area (Å²) in [6.07, 6.45) is 0. The first-order valence-corrected chi connectivity index (χ1v) is 12.4. The van der Waals surface area contributed by atoms with Crippen molar-refractivity contribution in [1.29, 1.82) is 0 Å². The van der Waals surface area contributed by atoms with E-state index in [1.54, 1.807) is 16.7 Å². The predicted molar refractivity (Wildman–Crippen MR) is 138 cm³/mol. The second-order valence-electron chi connectivity index (χ2n) is 7.36. The molecular formula is C25H20ClN3O2S2. The van der Waals surface area contributed by atoms with Gasteiger partial charge in [0.2, 0.25) is 0 Å². The summed E-state index contributed by atoms with van der Waals surface area (Å²) >= 11 is 9.17. The molecule has 0 N–H and O–H groups in total. The SMILES string of the molecule is CCN1C(=O)/C(=C2\Sc3ccc(Cl)cc3N2C)SC1=Nc1ccc(Oc2ccccc2)cc1. The third-order valence-corrected chi connectivity index (χ3v) is 7.88. The number of benzene rings is 3. The molecule has 33 heavy (non-hydrogen) atoms. The van der Waals surface area contributed by atoms with Gasteiger partial charge in [-0.1, -0.05) is 41.6 Å². The number of para-hydroxylation sites is 1. The van der Waals surface area contributed by atoms with Gasteiger partial charge in [0.1, 0.15) is 16.4 Å². The van der Waals surface area contributed by atoms with Crippen LogP contribution in [0.15, 0.2) is 92.6 Å². The minimum Gasteiger partial charge on any atom is -0.457 e. The molecule has 3 aromatic rings. The molecule has 1 amide bonds. The standard InChI is InChI=1S/C25H20ClN3O2S2/c1-3-29-23(30)22(24-28(2)20-15-16(26)9-14-21(20)32-24)33-25(29)27-17-10-12-19(13-11-17)31-18-7-5-4-6-8-18/h4-15H,3H2,1-2H3/b24-22+,27-25?. The average Bonchev–Trinajstić information content (AvgIpc) is 3.31. The number of fused-ring (bicyclic) bond motifs is 1. The van der Waals surface area contributed by atoms with Gasteiger partial charge in [0.05, 0.1) is 16.4 Å². The van der Waals surface area contributed by atoms with Gasteiger partial charge in [0, 0.05) is 23.5 Å². The second-order valence-corrected chi connectivity index (χ2v) is 9.81. The number of amidine groups is 1. The van der Waals surface area contributed by atoms with Crippen LogP contribution < -0.4 is 9.64 Å². The number of hydrogen-bond acceptors (Lipinski definition) is 6. The number of aliphatic imine (C=N–C) groups is 1. The molecule has 0 atom stereocenters. The maximum atomic E-state index is 13.2. The molecule has 2 aliphatic heterocycles. The Bertz CT molecular complexity index is 1280. The van der Waals surface area contributed by atoms with Crippen LogP contribution in [-0.2, 0) is 4.79 Å². The molecule has 5 rings (SSSR count). The molecule has 3 aromatic carbocycles. The molecule has 2 aliphatic rings. The number of thioether (sulfide) groups is 2. The first kappa shape index (κ1) is 21.9. The number of hydrogen-bond donors (Lipinski definition) is 0. The van der Waals surface area contributed by atoms with Crippen molar-refractivity contribution in [3.8, 4) is 11.5 Å². The van der Waals surface area contributed by atoms with Gasteiger partial charge >= 0.3 is 0 Å². The van der Waals surface area contributed by atoms with E-state index in [0.29, 0.717) is 21.6 Å². The van der Waals surface area contributed by atoms with Crippen LogP contribution in [0.4, 0.5) is 11.4 Å². The summed E-state index contributed by atoms with van der Waals surface area (Å²) in [7, 11) is 1.96. The fraction of sp³-hybridized carbons (Fsp3) is 0.120. The van der Waals surface area contributed by atoms with E-state index in [1.807, 2.05) is 91.7 Å². The Morgan fingerprint density at radius 2 is 1.70 bits per heavy atom. The highest BCUT2D eigenvalue weighted by Gasteiger charge is 2.38. The van der Waals surface area contributed by atoms with Gasteiger partial charge < -0.3 is 9.64 Å². The van der Waals surface area contributed by atoms with Crippen LogP contribution in [0.25, 0.3) is 0 Å². The van der Waals surface area contributed by atoms with Gasteiger partial charge in [0.25, 0.3) is 5.91 Å². The van der Waals surface area contributed by atoms with Crippen molar-refractivity contribution in [2.45, 2.75) is 11.8 Å². The average molecular weight is 494 g/mol. The molecule has 0 saturated carbocycles. The lowest BCUT2D eigenvalue weighted by atomic mass is 10.3. The van der Waals surface area contributed by atoms with Crippen molar-refractivity contribution in [2.75, 3.05) is 18.5 Å². The summed E-state index contributed by atoms with van der Waals surface area (Å²) in [4.78, 5) is 23.5. The Hall–Kier alpha value is -2.87. The maximum Gasteiger partial charge on any atom is 0.269 e. The number of carbonyl (C=O) groups excluding carboxylic acids is 1. The number of ether oxygens (including phenoxy) is 1. The molecule has 0 bridgehead atoms. The molecule has 0 spiro atoms. The molecule has 0 unspecified atom stereocenters. The van der Waals surface area contributed by atoms with Crippen molar-refractivity contribution in [3.63, 3.8) is 0 Å². The van der Waals surface area contributed by atoms with Crippen LogP contribution in [-0.4, -0.2) is 29.6 Å². The van der Waals surface area contributed by atoms with Crippen LogP contribution in [0.2, 0.25) is 5.02 Å². The minimum atomic E-state index is -0.0291. The van der Waals surface area contributed by atoms with E-state index in [9.17, 15) is 4.79 Å². The van der Waals surface area contributed by atoms with E-state index in [-0.39, 0.29) is 5.91 Å². The van der Waals surface area contributed by atoms with Crippen LogP contribution in [0, 0.1) is 0 Å². The summed E-state index contributed by atoms with van der Waals surface area (Å²) in [5.74, 6) is 1.48. The highest BCUT2D eigenvalue weighted by molar-refractivity contribution is 8.19. The Morgan fingerprint density at radius 1 is 0.970 bits per heavy atom. The zero-order valence-electron chi connectivity index (χ0n) is 18.0. The van der Waals surface area contributed by atoms with Crippen LogP contribution in [0.3, 0.4) is 0 Å². The number of anilines is 1. The Kier molecular flexibility index (Phi) is 6.10. The van der Waals surface area contributed by atoms with Gasteiger partial charge in [-0.05, 0) is 73.3 Å². The number of amides is 1. The molecule has 8 heteroatoms. The van der Waals surface area contributed by atoms with Crippen LogP contribution in [0.5, 0.6) is 11.5 Å². The number of likely N-dealkylation sites (N-methyl/N-ethyl adjacent to an activating group) is 1. The van der Waals surface area contributed by atoms with Gasteiger partial charge in [-0.15, -0.1) is 0 Å². The van der Waals surface area contributed by atoms with Crippen molar-refractivity contribution >= 4 is 57.6 Å². The Labute approximate surface area is 206 Å². The molecule has 1 fully saturated rings. The topological polar surface area (TPSA) is 45.1 Å². The summed E-state index contributed by atoms with van der Waals surface area (Å²) < 4.78 is 5.85. The van der Waals surface area contributed by atoms with E-state index >= 15 is 0 Å². The summed E-state index contributed by atoms with van der Waals surface area (Å²) in [5, 5.41) is 2.25. The van der Waals surface area contributed by atoms with E-state index in [2.05, 4.69) is 0 Å². The third-order valence-electron chi connectivity index (χ3n) is 5.21. The summed E-state index contributed by atoms with van der Waals surface area (Å²) in [6.45, 7) is 2.50. The zero-order chi connectivity index (χ0) is 22.9. The number of halogens is 1. The van der Waals surface area contributed by atoms with Gasteiger partial charge in [-0.25, -0.2) is 4.99 Å². The van der Waals surface area contributed by atoms with E-state index < -0.39 is 0 Å². The lowest BCUT2D eigenvalue weighted by Crippen LogP contribution is -2.29. The van der Waals surface area contributed by atoms with E-state index in [4.69, 9.17) is 21.3 Å². The molecule has 0 aromatic heterocycles. The van der Waals surface area contributed by atoms with E-state index in [0.717, 1.165) is 32.8 Å². The molecule has 0 aliphatic carbocycles. The van der Waals surface area contributed by atoms with E-state index in [1.165, 1.54) is 11.8 Å². The molecule has 5 nitrogen and oxygen atoms in total. The summed E-state index contributed by atoms with van der Waals surface area (Å²) in [5.41, 5.74) is 1.77. The third kappa shape index (κ3) is 4.36. The molecule has 0 radical (unpaired) electrons. The lowest BCUT2D eigenvalue weighted by Gasteiger charge is -2.15.